The predicted octanol–water partition coefficient (Wildman–Crippen LogP) is 2.94. The molecule has 1 aromatic carbocycles. The summed E-state index contributed by atoms with van der Waals surface area (Å²) in [5.41, 5.74) is 1.70. The van der Waals surface area contributed by atoms with Crippen LogP contribution in [-0.4, -0.2) is 24.1 Å². The molecule has 3 aromatic heterocycles. The van der Waals surface area contributed by atoms with Crippen LogP contribution in [0, 0.1) is 6.92 Å². The Bertz CT molecular complexity index is 1050. The number of rotatable bonds is 4. The fourth-order valence-corrected chi connectivity index (χ4v) is 4.04. The van der Waals surface area contributed by atoms with Gasteiger partial charge in [-0.05, 0) is 19.1 Å². The van der Waals surface area contributed by atoms with Gasteiger partial charge in [0, 0.05) is 29.1 Å². The van der Waals surface area contributed by atoms with Gasteiger partial charge in [-0.3, -0.25) is 13.8 Å². The lowest BCUT2D eigenvalue weighted by Crippen LogP contribution is -2.12. The molecule has 0 atom stereocenters. The van der Waals surface area contributed by atoms with Crippen LogP contribution in [0.5, 0.6) is 0 Å². The molecular weight excluding hydrogens is 342 g/mol. The van der Waals surface area contributed by atoms with Crippen molar-refractivity contribution in [2.24, 2.45) is 0 Å². The highest BCUT2D eigenvalue weighted by Crippen LogP contribution is 2.24. The smallest absolute Gasteiger partial charge is 0.258 e. The van der Waals surface area contributed by atoms with Crippen molar-refractivity contribution in [1.82, 2.24) is 24.1 Å². The molecule has 0 aliphatic heterocycles. The molecule has 8 heteroatoms. The van der Waals surface area contributed by atoms with Gasteiger partial charge in [0.25, 0.3) is 5.56 Å². The first-order chi connectivity index (χ1) is 11.7. The number of aryl methyl sites for hydroxylation is 1. The van der Waals surface area contributed by atoms with Crippen molar-refractivity contribution in [1.29, 1.82) is 0 Å². The molecule has 0 radical (unpaired) electrons. The quantitative estimate of drug-likeness (QED) is 0.527. The molecule has 0 aliphatic rings. The maximum absolute atomic E-state index is 12.1. The molecule has 4 aromatic rings. The first-order valence-corrected chi connectivity index (χ1v) is 9.15. The van der Waals surface area contributed by atoms with Gasteiger partial charge in [0.05, 0.1) is 5.69 Å². The van der Waals surface area contributed by atoms with Crippen LogP contribution in [0.15, 0.2) is 57.9 Å². The number of hydrogen-bond acceptors (Lipinski definition) is 6. The lowest BCUT2D eigenvalue weighted by molar-refractivity contribution is 0.867. The van der Waals surface area contributed by atoms with Gasteiger partial charge in [-0.25, -0.2) is 4.98 Å². The van der Waals surface area contributed by atoms with Crippen LogP contribution in [-0.2, 0) is 5.75 Å². The van der Waals surface area contributed by atoms with E-state index >= 15 is 0 Å². The Morgan fingerprint density at radius 3 is 2.88 bits per heavy atom. The van der Waals surface area contributed by atoms with Gasteiger partial charge in [0.2, 0.25) is 0 Å². The molecule has 0 unspecified atom stereocenters. The summed E-state index contributed by atoms with van der Waals surface area (Å²) in [5, 5.41) is 11.1. The summed E-state index contributed by atoms with van der Waals surface area (Å²) in [4.78, 5) is 17.3. The Labute approximate surface area is 145 Å². The van der Waals surface area contributed by atoms with Crippen molar-refractivity contribution in [2.45, 2.75) is 17.8 Å². The lowest BCUT2D eigenvalue weighted by Gasteiger charge is -2.07. The Kier molecular flexibility index (Phi) is 3.91. The number of para-hydroxylation sites is 1. The van der Waals surface area contributed by atoms with Gasteiger partial charge in [-0.1, -0.05) is 30.0 Å². The van der Waals surface area contributed by atoms with Crippen molar-refractivity contribution in [3.63, 3.8) is 0 Å². The van der Waals surface area contributed by atoms with Crippen LogP contribution >= 0.6 is 23.1 Å². The van der Waals surface area contributed by atoms with Crippen LogP contribution in [0.3, 0.4) is 0 Å². The van der Waals surface area contributed by atoms with Gasteiger partial charge in [0.1, 0.15) is 5.82 Å². The van der Waals surface area contributed by atoms with E-state index in [1.807, 2.05) is 47.2 Å². The third-order valence-corrected chi connectivity index (χ3v) is 5.23. The second kappa shape index (κ2) is 6.21. The monoisotopic (exact) mass is 355 g/mol. The molecule has 4 rings (SSSR count). The lowest BCUT2D eigenvalue weighted by atomic mass is 10.3. The second-order valence-electron chi connectivity index (χ2n) is 5.13. The minimum absolute atomic E-state index is 0.0578. The van der Waals surface area contributed by atoms with Crippen molar-refractivity contribution in [3.05, 3.63) is 69.8 Å². The number of thiazole rings is 1. The number of aromatic nitrogens is 5. The molecular formula is C16H13N5OS2. The molecule has 24 heavy (non-hydrogen) atoms. The largest absolute Gasteiger partial charge is 0.274 e. The molecule has 0 spiro atoms. The Hall–Kier alpha value is -2.45. The summed E-state index contributed by atoms with van der Waals surface area (Å²) < 4.78 is 3.55. The van der Waals surface area contributed by atoms with Crippen molar-refractivity contribution in [2.75, 3.05) is 0 Å². The second-order valence-corrected chi connectivity index (χ2v) is 6.95. The van der Waals surface area contributed by atoms with E-state index in [0.29, 0.717) is 10.7 Å². The number of benzene rings is 1. The summed E-state index contributed by atoms with van der Waals surface area (Å²) in [7, 11) is 0. The van der Waals surface area contributed by atoms with Gasteiger partial charge >= 0.3 is 0 Å². The van der Waals surface area contributed by atoms with E-state index in [9.17, 15) is 4.79 Å². The van der Waals surface area contributed by atoms with Crippen LogP contribution in [0.25, 0.3) is 10.6 Å². The number of thioether (sulfide) groups is 1. The number of hydrogen-bond donors (Lipinski definition) is 0. The third-order valence-electron chi connectivity index (χ3n) is 3.51. The molecule has 0 aliphatic carbocycles. The molecule has 6 nitrogen and oxygen atoms in total. The van der Waals surface area contributed by atoms with Crippen LogP contribution < -0.4 is 5.56 Å². The van der Waals surface area contributed by atoms with E-state index in [1.165, 1.54) is 23.1 Å². The maximum atomic E-state index is 12.1. The highest BCUT2D eigenvalue weighted by Gasteiger charge is 2.12. The van der Waals surface area contributed by atoms with E-state index in [1.54, 1.807) is 16.7 Å². The number of nitrogens with zero attached hydrogens (tertiary/aromatic N) is 5. The standard InChI is InChI=1S/C16H13N5OS2/c1-11-18-19-16(21(11)13-5-3-2-4-6-13)24-10-12-9-14(22)20-7-8-23-15(20)17-12/h2-9H,10H2,1H3. The normalized spacial score (nSPS) is 11.2. The van der Waals surface area contributed by atoms with Crippen molar-refractivity contribution >= 4 is 28.1 Å². The highest BCUT2D eigenvalue weighted by atomic mass is 32.2. The van der Waals surface area contributed by atoms with E-state index in [2.05, 4.69) is 15.2 Å². The fraction of sp³-hybridized carbons (Fsp3) is 0.125. The van der Waals surface area contributed by atoms with Gasteiger partial charge in [-0.2, -0.15) is 0 Å². The summed E-state index contributed by atoms with van der Waals surface area (Å²) in [6.07, 6.45) is 1.74. The third kappa shape index (κ3) is 2.74. The van der Waals surface area contributed by atoms with E-state index in [-0.39, 0.29) is 5.56 Å². The molecule has 0 bridgehead atoms. The molecule has 0 N–H and O–H groups in total. The van der Waals surface area contributed by atoms with E-state index in [4.69, 9.17) is 0 Å². The topological polar surface area (TPSA) is 65.1 Å². The summed E-state index contributed by atoms with van der Waals surface area (Å²) in [6.45, 7) is 1.92. The zero-order valence-corrected chi connectivity index (χ0v) is 14.4. The average molecular weight is 355 g/mol. The number of fused-ring (bicyclic) bond motifs is 1. The van der Waals surface area contributed by atoms with Gasteiger partial charge in [-0.15, -0.1) is 21.5 Å². The summed E-state index contributed by atoms with van der Waals surface area (Å²) in [5.74, 6) is 1.39. The fourth-order valence-electron chi connectivity index (χ4n) is 2.41. The van der Waals surface area contributed by atoms with Gasteiger partial charge < -0.3 is 0 Å². The molecule has 0 amide bonds. The first kappa shape index (κ1) is 15.1. The molecule has 120 valence electrons. The van der Waals surface area contributed by atoms with Crippen molar-refractivity contribution in [3.8, 4) is 5.69 Å². The van der Waals surface area contributed by atoms with Crippen LogP contribution in [0.1, 0.15) is 11.5 Å². The zero-order chi connectivity index (χ0) is 16.5. The van der Waals surface area contributed by atoms with Gasteiger partial charge in [0.15, 0.2) is 10.1 Å². The van der Waals surface area contributed by atoms with E-state index < -0.39 is 0 Å². The summed E-state index contributed by atoms with van der Waals surface area (Å²) >= 11 is 2.97. The zero-order valence-electron chi connectivity index (χ0n) is 12.8. The minimum atomic E-state index is -0.0578. The Morgan fingerprint density at radius 1 is 1.21 bits per heavy atom. The first-order valence-electron chi connectivity index (χ1n) is 7.28. The minimum Gasteiger partial charge on any atom is -0.274 e. The predicted molar refractivity (Wildman–Crippen MR) is 95.0 cm³/mol. The maximum Gasteiger partial charge on any atom is 0.258 e. The molecule has 0 saturated carbocycles. The van der Waals surface area contributed by atoms with E-state index in [0.717, 1.165) is 22.4 Å². The Morgan fingerprint density at radius 2 is 2.04 bits per heavy atom. The highest BCUT2D eigenvalue weighted by molar-refractivity contribution is 7.98. The summed E-state index contributed by atoms with van der Waals surface area (Å²) in [6, 6.07) is 11.5. The van der Waals surface area contributed by atoms with Crippen LogP contribution in [0.2, 0.25) is 0 Å². The molecule has 3 heterocycles. The molecule has 0 fully saturated rings. The van der Waals surface area contributed by atoms with Crippen molar-refractivity contribution < 1.29 is 0 Å². The Balaban J connectivity index is 1.63. The SMILES string of the molecule is Cc1nnc(SCc2cc(=O)n3ccsc3n2)n1-c1ccccc1. The average Bonchev–Trinajstić information content (AvgIpc) is 3.20. The molecule has 0 saturated heterocycles. The van der Waals surface area contributed by atoms with Crippen LogP contribution in [0.4, 0.5) is 0 Å².